The molecule has 122 valence electrons. The van der Waals surface area contributed by atoms with Gasteiger partial charge in [0.15, 0.2) is 5.96 Å². The first-order valence-corrected chi connectivity index (χ1v) is 9.72. The van der Waals surface area contributed by atoms with Gasteiger partial charge >= 0.3 is 0 Å². The summed E-state index contributed by atoms with van der Waals surface area (Å²) in [5.41, 5.74) is 0. The van der Waals surface area contributed by atoms with Gasteiger partial charge in [-0.3, -0.25) is 4.99 Å². The number of guanidine groups is 1. The van der Waals surface area contributed by atoms with E-state index in [1.807, 2.05) is 18.8 Å². The Morgan fingerprint density at radius 1 is 1.33 bits per heavy atom. The third-order valence-electron chi connectivity index (χ3n) is 4.67. The van der Waals surface area contributed by atoms with Crippen LogP contribution in [0.1, 0.15) is 39.0 Å². The molecule has 0 aromatic rings. The molecule has 0 spiro atoms. The number of likely N-dealkylation sites (tertiary alicyclic amines) is 1. The Labute approximate surface area is 134 Å². The Hall–Kier alpha value is -0.420. The molecule has 1 heterocycles. The summed E-state index contributed by atoms with van der Waals surface area (Å²) >= 11 is 2.00. The molecule has 0 aromatic heterocycles. The van der Waals surface area contributed by atoms with Crippen LogP contribution in [0, 0.1) is 5.92 Å². The van der Waals surface area contributed by atoms with Gasteiger partial charge in [0.1, 0.15) is 0 Å². The minimum absolute atomic E-state index is 0.600. The maximum atomic E-state index is 4.38. The van der Waals surface area contributed by atoms with Gasteiger partial charge in [-0.25, -0.2) is 0 Å². The summed E-state index contributed by atoms with van der Waals surface area (Å²) < 4.78 is 0. The number of nitrogens with one attached hydrogen (secondary N) is 2. The Kier molecular flexibility index (Phi) is 7.17. The minimum atomic E-state index is 0.600. The average molecular weight is 313 g/mol. The van der Waals surface area contributed by atoms with Gasteiger partial charge in [0.2, 0.25) is 0 Å². The molecule has 0 aromatic carbocycles. The van der Waals surface area contributed by atoms with Crippen molar-refractivity contribution < 1.29 is 0 Å². The molecule has 2 fully saturated rings. The summed E-state index contributed by atoms with van der Waals surface area (Å²) in [6.45, 7) is 7.12. The van der Waals surface area contributed by atoms with E-state index in [0.29, 0.717) is 12.0 Å². The highest BCUT2D eigenvalue weighted by Gasteiger charge is 2.24. The lowest BCUT2D eigenvalue weighted by Gasteiger charge is -2.22. The van der Waals surface area contributed by atoms with Crippen LogP contribution >= 0.6 is 11.8 Å². The fourth-order valence-electron chi connectivity index (χ4n) is 3.41. The number of hydrogen-bond acceptors (Lipinski definition) is 3. The van der Waals surface area contributed by atoms with Gasteiger partial charge < -0.3 is 15.5 Å². The first-order valence-electron chi connectivity index (χ1n) is 8.43. The van der Waals surface area contributed by atoms with E-state index < -0.39 is 0 Å². The van der Waals surface area contributed by atoms with Gasteiger partial charge in [0, 0.05) is 31.4 Å². The molecule has 1 saturated carbocycles. The number of nitrogens with zero attached hydrogens (tertiary/aromatic N) is 2. The second kappa shape index (κ2) is 8.89. The fourth-order valence-corrected chi connectivity index (χ4v) is 4.21. The Balaban J connectivity index is 1.65. The molecule has 2 N–H and O–H groups in total. The molecule has 5 heteroatoms. The highest BCUT2D eigenvalue weighted by atomic mass is 32.2. The summed E-state index contributed by atoms with van der Waals surface area (Å²) in [4.78, 5) is 6.97. The smallest absolute Gasteiger partial charge is 0.191 e. The molecule has 0 amide bonds. The van der Waals surface area contributed by atoms with E-state index in [9.17, 15) is 0 Å². The molecule has 4 nitrogen and oxygen atoms in total. The van der Waals surface area contributed by atoms with Gasteiger partial charge in [-0.15, -0.1) is 0 Å². The lowest BCUT2D eigenvalue weighted by molar-refractivity contribution is 0.287. The van der Waals surface area contributed by atoms with Crippen molar-refractivity contribution >= 4 is 17.7 Å². The van der Waals surface area contributed by atoms with Crippen molar-refractivity contribution in [2.24, 2.45) is 10.9 Å². The van der Waals surface area contributed by atoms with E-state index in [4.69, 9.17) is 0 Å². The van der Waals surface area contributed by atoms with E-state index in [0.717, 1.165) is 17.8 Å². The second-order valence-corrected chi connectivity index (χ2v) is 7.72. The van der Waals surface area contributed by atoms with Crippen molar-refractivity contribution in [2.75, 3.05) is 39.5 Å². The van der Waals surface area contributed by atoms with Crippen molar-refractivity contribution in [3.05, 3.63) is 0 Å². The van der Waals surface area contributed by atoms with E-state index >= 15 is 0 Å². The molecule has 2 rings (SSSR count). The number of rotatable bonds is 6. The number of hydrogen-bond donors (Lipinski definition) is 2. The van der Waals surface area contributed by atoms with Crippen molar-refractivity contribution in [3.63, 3.8) is 0 Å². The van der Waals surface area contributed by atoms with Crippen LogP contribution in [0.3, 0.4) is 0 Å². The largest absolute Gasteiger partial charge is 0.356 e. The van der Waals surface area contributed by atoms with Gasteiger partial charge in [0.05, 0.1) is 0 Å². The molecule has 0 bridgehead atoms. The van der Waals surface area contributed by atoms with Crippen molar-refractivity contribution in [2.45, 2.75) is 50.3 Å². The van der Waals surface area contributed by atoms with E-state index in [1.165, 1.54) is 51.7 Å². The van der Waals surface area contributed by atoms with Crippen molar-refractivity contribution in [1.82, 2.24) is 15.5 Å². The van der Waals surface area contributed by atoms with Gasteiger partial charge in [-0.05, 0) is 57.4 Å². The zero-order valence-electron chi connectivity index (χ0n) is 13.9. The van der Waals surface area contributed by atoms with E-state index in [1.54, 1.807) is 0 Å². The summed E-state index contributed by atoms with van der Waals surface area (Å²) in [6, 6.07) is 0.600. The molecule has 3 unspecified atom stereocenters. The topological polar surface area (TPSA) is 39.7 Å². The maximum absolute atomic E-state index is 4.38. The van der Waals surface area contributed by atoms with Gasteiger partial charge in [0.25, 0.3) is 0 Å². The average Bonchev–Trinajstić information content (AvgIpc) is 3.14. The van der Waals surface area contributed by atoms with Crippen LogP contribution in [-0.2, 0) is 0 Å². The molecule has 1 aliphatic heterocycles. The van der Waals surface area contributed by atoms with E-state index in [-0.39, 0.29) is 0 Å². The van der Waals surface area contributed by atoms with Crippen LogP contribution in [-0.4, -0.2) is 61.6 Å². The molecule has 3 atom stereocenters. The summed E-state index contributed by atoms with van der Waals surface area (Å²) in [5.74, 6) is 1.65. The fraction of sp³-hybridized carbons (Fsp3) is 0.938. The first kappa shape index (κ1) is 16.9. The zero-order chi connectivity index (χ0) is 15.1. The zero-order valence-corrected chi connectivity index (χ0v) is 14.7. The maximum Gasteiger partial charge on any atom is 0.191 e. The van der Waals surface area contributed by atoms with Crippen LogP contribution in [0.15, 0.2) is 4.99 Å². The van der Waals surface area contributed by atoms with Crippen molar-refractivity contribution in [3.8, 4) is 0 Å². The monoisotopic (exact) mass is 312 g/mol. The predicted octanol–water partition coefficient (Wildman–Crippen LogP) is 2.17. The lowest BCUT2D eigenvalue weighted by atomic mass is 10.1. The molecular formula is C16H32N4S. The van der Waals surface area contributed by atoms with E-state index in [2.05, 4.69) is 33.7 Å². The number of aliphatic imine (C=N–C) groups is 1. The molecule has 1 aliphatic carbocycles. The van der Waals surface area contributed by atoms with Crippen LogP contribution in [0.5, 0.6) is 0 Å². The summed E-state index contributed by atoms with van der Waals surface area (Å²) in [6.07, 6.45) is 8.85. The predicted molar refractivity (Wildman–Crippen MR) is 94.3 cm³/mol. The Morgan fingerprint density at radius 2 is 2.10 bits per heavy atom. The van der Waals surface area contributed by atoms with Crippen LogP contribution in [0.25, 0.3) is 0 Å². The molecule has 21 heavy (non-hydrogen) atoms. The Bertz CT molecular complexity index is 328. The lowest BCUT2D eigenvalue weighted by Crippen LogP contribution is -2.45. The first-order chi connectivity index (χ1) is 10.2. The highest BCUT2D eigenvalue weighted by molar-refractivity contribution is 7.99. The van der Waals surface area contributed by atoms with Crippen LogP contribution in [0.4, 0.5) is 0 Å². The molecule has 1 saturated heterocycles. The standard InChI is InChI=1S/C16H32N4S/c1-13(12-20-8-4-5-9-20)11-18-16(17-2)19-14-6-7-15(10-14)21-3/h13-15H,4-12H2,1-3H3,(H2,17,18,19). The third kappa shape index (κ3) is 5.70. The quantitative estimate of drug-likeness (QED) is 0.582. The summed E-state index contributed by atoms with van der Waals surface area (Å²) in [7, 11) is 1.88. The Morgan fingerprint density at radius 3 is 2.71 bits per heavy atom. The molecule has 2 aliphatic rings. The second-order valence-electron chi connectivity index (χ2n) is 6.58. The van der Waals surface area contributed by atoms with Gasteiger partial charge in [-0.1, -0.05) is 6.92 Å². The van der Waals surface area contributed by atoms with Crippen molar-refractivity contribution in [1.29, 1.82) is 0 Å². The van der Waals surface area contributed by atoms with Gasteiger partial charge in [-0.2, -0.15) is 11.8 Å². The SMILES string of the molecule is CN=C(NCC(C)CN1CCCC1)NC1CCC(SC)C1. The van der Waals surface area contributed by atoms with Crippen LogP contribution in [0.2, 0.25) is 0 Å². The highest BCUT2D eigenvalue weighted by Crippen LogP contribution is 2.27. The van der Waals surface area contributed by atoms with Crippen LogP contribution < -0.4 is 10.6 Å². The molecular weight excluding hydrogens is 280 g/mol. The molecule has 0 radical (unpaired) electrons. The minimum Gasteiger partial charge on any atom is -0.356 e. The third-order valence-corrected chi connectivity index (χ3v) is 5.76. The number of thioether (sulfide) groups is 1. The summed E-state index contributed by atoms with van der Waals surface area (Å²) in [5, 5.41) is 7.93. The normalized spacial score (nSPS) is 28.8.